The summed E-state index contributed by atoms with van der Waals surface area (Å²) in [5.74, 6) is 1.39. The normalized spacial score (nSPS) is 32.0. The highest BCUT2D eigenvalue weighted by molar-refractivity contribution is 6.00. The molecule has 0 bridgehead atoms. The summed E-state index contributed by atoms with van der Waals surface area (Å²) in [6.45, 7) is 8.52. The maximum absolute atomic E-state index is 13.0. The topological polar surface area (TPSA) is 50.1 Å². The van der Waals surface area contributed by atoms with Crippen LogP contribution in [0.5, 0.6) is 5.75 Å². The molecule has 1 saturated carbocycles. The van der Waals surface area contributed by atoms with Crippen LogP contribution < -0.4 is 4.74 Å². The van der Waals surface area contributed by atoms with E-state index in [0.29, 0.717) is 12.3 Å². The van der Waals surface area contributed by atoms with Crippen LogP contribution in [0.2, 0.25) is 0 Å². The lowest BCUT2D eigenvalue weighted by Gasteiger charge is -2.52. The van der Waals surface area contributed by atoms with Crippen LogP contribution in [-0.2, 0) is 5.41 Å². The lowest BCUT2D eigenvalue weighted by molar-refractivity contribution is 0.0543. The van der Waals surface area contributed by atoms with Crippen molar-refractivity contribution in [2.24, 2.45) is 11.3 Å². The smallest absolute Gasteiger partial charge is 0.163 e. The molecule has 3 nitrogen and oxygen atoms in total. The molecule has 0 radical (unpaired) electrons. The number of fused-ring (bicyclic) bond motifs is 3. The van der Waals surface area contributed by atoms with Crippen molar-refractivity contribution >= 4 is 5.78 Å². The van der Waals surface area contributed by atoms with E-state index in [4.69, 9.17) is 4.74 Å². The number of benzene rings is 1. The van der Waals surface area contributed by atoms with Gasteiger partial charge in [-0.25, -0.2) is 0 Å². The summed E-state index contributed by atoms with van der Waals surface area (Å²) in [7, 11) is 1.68. The van der Waals surface area contributed by atoms with Gasteiger partial charge in [-0.15, -0.1) is 0 Å². The third kappa shape index (κ3) is 2.27. The summed E-state index contributed by atoms with van der Waals surface area (Å²) in [5, 5.41) is 9.79. The first kappa shape index (κ1) is 17.0. The molecule has 0 aromatic heterocycles. The molecular weight excluding hydrogens is 298 g/mol. The Morgan fingerprint density at radius 1 is 1.29 bits per heavy atom. The van der Waals surface area contributed by atoms with Gasteiger partial charge in [0.15, 0.2) is 5.78 Å². The highest BCUT2D eigenvalue weighted by atomic mass is 16.5. The number of hydrogen-bond donors (Lipinski definition) is 0. The third-order valence-electron chi connectivity index (χ3n) is 6.46. The van der Waals surface area contributed by atoms with Crippen LogP contribution in [-0.4, -0.2) is 12.9 Å². The van der Waals surface area contributed by atoms with Crippen molar-refractivity contribution in [2.75, 3.05) is 7.11 Å². The average molecular weight is 325 g/mol. The minimum Gasteiger partial charge on any atom is -0.496 e. The fraction of sp³-hybridized carbons (Fsp3) is 0.619. The molecule has 3 heteroatoms. The summed E-state index contributed by atoms with van der Waals surface area (Å²) < 4.78 is 5.73. The van der Waals surface area contributed by atoms with E-state index in [-0.39, 0.29) is 17.1 Å². The zero-order valence-corrected chi connectivity index (χ0v) is 15.4. The van der Waals surface area contributed by atoms with Crippen LogP contribution >= 0.6 is 0 Å². The van der Waals surface area contributed by atoms with Gasteiger partial charge in [-0.2, -0.15) is 5.26 Å². The van der Waals surface area contributed by atoms with Crippen molar-refractivity contribution in [3.05, 3.63) is 28.8 Å². The van der Waals surface area contributed by atoms with Gasteiger partial charge in [0.1, 0.15) is 5.75 Å². The highest BCUT2D eigenvalue weighted by Gasteiger charge is 2.55. The van der Waals surface area contributed by atoms with Gasteiger partial charge in [-0.3, -0.25) is 4.79 Å². The molecule has 0 heterocycles. The molecule has 0 aliphatic heterocycles. The van der Waals surface area contributed by atoms with Gasteiger partial charge in [-0.05, 0) is 49.3 Å². The maximum Gasteiger partial charge on any atom is 0.163 e. The second kappa shape index (κ2) is 5.62. The Morgan fingerprint density at radius 3 is 2.58 bits per heavy atom. The van der Waals surface area contributed by atoms with Crippen molar-refractivity contribution in [3.8, 4) is 11.8 Å². The van der Waals surface area contributed by atoms with E-state index in [9.17, 15) is 10.1 Å². The number of carbonyl (C=O) groups is 1. The van der Waals surface area contributed by atoms with E-state index >= 15 is 0 Å². The van der Waals surface area contributed by atoms with Crippen LogP contribution in [0.1, 0.15) is 80.8 Å². The van der Waals surface area contributed by atoms with Crippen molar-refractivity contribution in [1.29, 1.82) is 5.26 Å². The van der Waals surface area contributed by atoms with Crippen molar-refractivity contribution in [3.63, 3.8) is 0 Å². The van der Waals surface area contributed by atoms with Crippen molar-refractivity contribution in [1.82, 2.24) is 0 Å². The number of nitriles is 1. The standard InChI is InChI=1S/C21H27NO2/c1-13(2)14-9-15-16(23)11-18-20(3,12-22)7-6-8-21(18,4)19(15)17(10-14)24-5/h9-10,13,18H,6-8,11H2,1-5H3/t18-,20-,21-/m0/s1. The molecule has 0 N–H and O–H groups in total. The number of hydrogen-bond acceptors (Lipinski definition) is 3. The number of carbonyl (C=O) groups excluding carboxylic acids is 1. The largest absolute Gasteiger partial charge is 0.496 e. The fourth-order valence-corrected chi connectivity index (χ4v) is 4.99. The maximum atomic E-state index is 13.0. The predicted octanol–water partition coefficient (Wildman–Crippen LogP) is 4.99. The summed E-state index contributed by atoms with van der Waals surface area (Å²) >= 11 is 0. The SMILES string of the molecule is COc1cc(C(C)C)cc2c1[C@@]1(C)CCC[C@@](C)(C#N)[C@@H]1CC2=O. The van der Waals surface area contributed by atoms with Gasteiger partial charge in [0, 0.05) is 23.0 Å². The number of ketones is 1. The molecular formula is C21H27NO2. The van der Waals surface area contributed by atoms with E-state index in [2.05, 4.69) is 39.0 Å². The van der Waals surface area contributed by atoms with E-state index in [0.717, 1.165) is 41.7 Å². The molecule has 3 atom stereocenters. The third-order valence-corrected chi connectivity index (χ3v) is 6.46. The molecule has 2 aliphatic rings. The van der Waals surface area contributed by atoms with Gasteiger partial charge in [0.05, 0.1) is 18.6 Å². The molecule has 0 unspecified atom stereocenters. The average Bonchev–Trinajstić information content (AvgIpc) is 2.56. The molecule has 3 rings (SSSR count). The minimum absolute atomic E-state index is 0.0579. The predicted molar refractivity (Wildman–Crippen MR) is 94.4 cm³/mol. The molecule has 0 spiro atoms. The Morgan fingerprint density at radius 2 is 2.00 bits per heavy atom. The van der Waals surface area contributed by atoms with Crippen LogP contribution in [0.25, 0.3) is 0 Å². The van der Waals surface area contributed by atoms with Crippen LogP contribution in [0.4, 0.5) is 0 Å². The molecule has 0 saturated heterocycles. The Bertz CT molecular complexity index is 730. The van der Waals surface area contributed by atoms with E-state index < -0.39 is 5.41 Å². The van der Waals surface area contributed by atoms with Gasteiger partial charge in [0.2, 0.25) is 0 Å². The van der Waals surface area contributed by atoms with E-state index in [1.165, 1.54) is 0 Å². The molecule has 128 valence electrons. The Balaban J connectivity index is 2.26. The number of rotatable bonds is 2. The zero-order valence-electron chi connectivity index (χ0n) is 15.4. The van der Waals surface area contributed by atoms with Crippen LogP contribution in [0.15, 0.2) is 12.1 Å². The Kier molecular flexibility index (Phi) is 3.98. The lowest BCUT2D eigenvalue weighted by Crippen LogP contribution is -2.50. The molecule has 24 heavy (non-hydrogen) atoms. The minimum atomic E-state index is -0.442. The Hall–Kier alpha value is -1.82. The first-order chi connectivity index (χ1) is 11.3. The quantitative estimate of drug-likeness (QED) is 0.769. The molecule has 1 aromatic rings. The van der Waals surface area contributed by atoms with Gasteiger partial charge >= 0.3 is 0 Å². The first-order valence-electron chi connectivity index (χ1n) is 8.93. The molecule has 1 aromatic carbocycles. The van der Waals surface area contributed by atoms with E-state index in [1.54, 1.807) is 7.11 Å². The number of Topliss-reactive ketones (excluding diaryl/α,β-unsaturated/α-hetero) is 1. The summed E-state index contributed by atoms with van der Waals surface area (Å²) in [6, 6.07) is 6.68. The summed E-state index contributed by atoms with van der Waals surface area (Å²) in [6.07, 6.45) is 3.36. The molecule has 2 aliphatic carbocycles. The zero-order chi connectivity index (χ0) is 17.7. The van der Waals surface area contributed by atoms with Crippen molar-refractivity contribution < 1.29 is 9.53 Å². The monoisotopic (exact) mass is 325 g/mol. The second-order valence-electron chi connectivity index (χ2n) is 8.28. The van der Waals surface area contributed by atoms with Crippen LogP contribution in [0, 0.1) is 22.7 Å². The summed E-state index contributed by atoms with van der Waals surface area (Å²) in [4.78, 5) is 13.0. The van der Waals surface area contributed by atoms with Crippen LogP contribution in [0.3, 0.4) is 0 Å². The highest BCUT2D eigenvalue weighted by Crippen LogP contribution is 2.59. The summed E-state index contributed by atoms with van der Waals surface area (Å²) in [5.41, 5.74) is 2.38. The van der Waals surface area contributed by atoms with E-state index in [1.807, 2.05) is 6.92 Å². The number of nitrogens with zero attached hydrogens (tertiary/aromatic N) is 1. The fourth-order valence-electron chi connectivity index (χ4n) is 4.99. The number of methoxy groups -OCH3 is 1. The first-order valence-corrected chi connectivity index (χ1v) is 8.93. The molecule has 0 amide bonds. The van der Waals surface area contributed by atoms with Crippen molar-refractivity contribution in [2.45, 2.75) is 64.7 Å². The number of ether oxygens (including phenoxy) is 1. The van der Waals surface area contributed by atoms with Gasteiger partial charge in [0.25, 0.3) is 0 Å². The lowest BCUT2D eigenvalue weighted by atomic mass is 9.50. The Labute approximate surface area is 145 Å². The second-order valence-corrected chi connectivity index (χ2v) is 8.28. The molecule has 1 fully saturated rings. The van der Waals surface area contributed by atoms with Gasteiger partial charge in [-0.1, -0.05) is 27.2 Å². The van der Waals surface area contributed by atoms with Gasteiger partial charge < -0.3 is 4.74 Å².